The molecule has 0 aliphatic rings. The number of rotatable bonds is 2. The molecule has 2 aromatic heterocycles. The molecule has 0 atom stereocenters. The van der Waals surface area contributed by atoms with Crippen molar-refractivity contribution in [2.45, 2.75) is 19.8 Å². The van der Waals surface area contributed by atoms with Crippen molar-refractivity contribution < 1.29 is 0 Å². The summed E-state index contributed by atoms with van der Waals surface area (Å²) in [7, 11) is 0. The lowest BCUT2D eigenvalue weighted by atomic mass is 10.1. The van der Waals surface area contributed by atoms with Crippen LogP contribution in [0.3, 0.4) is 0 Å². The zero-order chi connectivity index (χ0) is 10.7. The minimum Gasteiger partial charge on any atom is -0.236 e. The Morgan fingerprint density at radius 1 is 1.00 bits per heavy atom. The second kappa shape index (κ2) is 4.13. The van der Waals surface area contributed by atoms with Crippen LogP contribution in [0.4, 0.5) is 0 Å². The summed E-state index contributed by atoms with van der Waals surface area (Å²) in [5.74, 6) is 1.14. The lowest BCUT2D eigenvalue weighted by molar-refractivity contribution is 0.847. The van der Waals surface area contributed by atoms with Gasteiger partial charge in [0.2, 0.25) is 0 Å². The second-order valence-corrected chi connectivity index (χ2v) is 3.63. The molecule has 76 valence electrons. The normalized spacial score (nSPS) is 10.6. The molecule has 2 rings (SSSR count). The molecule has 0 aliphatic carbocycles. The molecule has 0 amide bonds. The van der Waals surface area contributed by atoms with Crippen LogP contribution < -0.4 is 0 Å². The van der Waals surface area contributed by atoms with Crippen molar-refractivity contribution in [2.24, 2.45) is 0 Å². The number of hydrogen-bond donors (Lipinski definition) is 0. The Balaban J connectivity index is 2.32. The largest absolute Gasteiger partial charge is 0.236 e. The van der Waals surface area contributed by atoms with E-state index >= 15 is 0 Å². The third kappa shape index (κ3) is 2.15. The van der Waals surface area contributed by atoms with Gasteiger partial charge in [-0.05, 0) is 17.5 Å². The van der Waals surface area contributed by atoms with Crippen LogP contribution in [0.5, 0.6) is 0 Å². The number of aromatic nitrogens is 4. The van der Waals surface area contributed by atoms with Crippen molar-refractivity contribution in [3.05, 3.63) is 36.4 Å². The molecule has 0 fully saturated rings. The Morgan fingerprint density at radius 2 is 1.73 bits per heavy atom. The molecular weight excluding hydrogens is 188 g/mol. The average molecular weight is 200 g/mol. The summed E-state index contributed by atoms with van der Waals surface area (Å²) in [6.45, 7) is 4.23. The Hall–Kier alpha value is -1.84. The summed E-state index contributed by atoms with van der Waals surface area (Å²) in [5, 5.41) is 7.50. The molecule has 0 aliphatic heterocycles. The Bertz CT molecular complexity index is 422. The molecule has 0 radical (unpaired) electrons. The monoisotopic (exact) mass is 200 g/mol. The Labute approximate surface area is 88.4 Å². The molecule has 0 N–H and O–H groups in total. The minimum absolute atomic E-state index is 0.453. The van der Waals surface area contributed by atoms with Crippen LogP contribution in [-0.4, -0.2) is 20.2 Å². The molecule has 0 aromatic carbocycles. The van der Waals surface area contributed by atoms with Crippen LogP contribution in [-0.2, 0) is 0 Å². The maximum Gasteiger partial charge on any atom is 0.160 e. The molecule has 4 nitrogen and oxygen atoms in total. The predicted octanol–water partition coefficient (Wildman–Crippen LogP) is 2.06. The summed E-state index contributed by atoms with van der Waals surface area (Å²) < 4.78 is 0. The predicted molar refractivity (Wildman–Crippen MR) is 57.1 cm³/mol. The van der Waals surface area contributed by atoms with Crippen LogP contribution in [0.2, 0.25) is 0 Å². The third-order valence-electron chi connectivity index (χ3n) is 2.18. The zero-order valence-electron chi connectivity index (χ0n) is 8.75. The molecule has 0 spiro atoms. The van der Waals surface area contributed by atoms with Crippen LogP contribution in [0.15, 0.2) is 30.9 Å². The van der Waals surface area contributed by atoms with Gasteiger partial charge in [0, 0.05) is 18.0 Å². The summed E-state index contributed by atoms with van der Waals surface area (Å²) in [6.07, 6.45) is 7.00. The summed E-state index contributed by atoms with van der Waals surface area (Å²) in [5.41, 5.74) is 2.03. The van der Waals surface area contributed by atoms with Gasteiger partial charge in [0.1, 0.15) is 0 Å². The van der Waals surface area contributed by atoms with Crippen LogP contribution in [0, 0.1) is 0 Å². The summed E-state index contributed by atoms with van der Waals surface area (Å²) >= 11 is 0. The van der Waals surface area contributed by atoms with Gasteiger partial charge in [-0.25, -0.2) is 9.97 Å². The molecule has 15 heavy (non-hydrogen) atoms. The van der Waals surface area contributed by atoms with Crippen molar-refractivity contribution >= 4 is 0 Å². The van der Waals surface area contributed by atoms with E-state index < -0.39 is 0 Å². The van der Waals surface area contributed by atoms with Crippen molar-refractivity contribution in [3.8, 4) is 11.4 Å². The molecule has 0 unspecified atom stereocenters. The number of nitrogens with zero attached hydrogens (tertiary/aromatic N) is 4. The summed E-state index contributed by atoms with van der Waals surface area (Å²) in [6, 6.07) is 1.84. The second-order valence-electron chi connectivity index (χ2n) is 3.63. The van der Waals surface area contributed by atoms with E-state index in [1.807, 2.05) is 18.5 Å². The van der Waals surface area contributed by atoms with Gasteiger partial charge in [-0.2, -0.15) is 10.2 Å². The molecule has 0 saturated carbocycles. The first kappa shape index (κ1) is 9.71. The first-order chi connectivity index (χ1) is 7.27. The molecular formula is C11H12N4. The fourth-order valence-electron chi connectivity index (χ4n) is 1.21. The van der Waals surface area contributed by atoms with E-state index in [1.54, 1.807) is 12.4 Å². The van der Waals surface area contributed by atoms with E-state index in [0.717, 1.165) is 11.1 Å². The molecule has 4 heteroatoms. The van der Waals surface area contributed by atoms with Gasteiger partial charge in [0.15, 0.2) is 5.82 Å². The lowest BCUT2D eigenvalue weighted by Gasteiger charge is -2.04. The van der Waals surface area contributed by atoms with Gasteiger partial charge in [0.25, 0.3) is 0 Å². The summed E-state index contributed by atoms with van der Waals surface area (Å²) in [4.78, 5) is 8.58. The van der Waals surface area contributed by atoms with E-state index in [1.165, 1.54) is 0 Å². The highest BCUT2D eigenvalue weighted by Gasteiger charge is 2.03. The van der Waals surface area contributed by atoms with Gasteiger partial charge < -0.3 is 0 Å². The van der Waals surface area contributed by atoms with E-state index in [-0.39, 0.29) is 0 Å². The minimum atomic E-state index is 0.453. The standard InChI is InChI=1S/C11H12N4/c1-8(2)10-5-12-11(13-6-10)9-3-4-14-15-7-9/h3-8H,1-2H3. The molecule has 0 bridgehead atoms. The Kier molecular flexibility index (Phi) is 2.67. The maximum atomic E-state index is 4.29. The van der Waals surface area contributed by atoms with Crippen LogP contribution in [0.25, 0.3) is 11.4 Å². The first-order valence-corrected chi connectivity index (χ1v) is 4.86. The molecule has 2 aromatic rings. The van der Waals surface area contributed by atoms with Crippen molar-refractivity contribution in [1.82, 2.24) is 20.2 Å². The first-order valence-electron chi connectivity index (χ1n) is 4.86. The van der Waals surface area contributed by atoms with E-state index in [2.05, 4.69) is 34.0 Å². The quantitative estimate of drug-likeness (QED) is 0.744. The highest BCUT2D eigenvalue weighted by molar-refractivity contribution is 5.51. The highest BCUT2D eigenvalue weighted by atomic mass is 15.1. The van der Waals surface area contributed by atoms with Crippen molar-refractivity contribution in [3.63, 3.8) is 0 Å². The fraction of sp³-hybridized carbons (Fsp3) is 0.273. The van der Waals surface area contributed by atoms with Crippen LogP contribution in [0.1, 0.15) is 25.3 Å². The Morgan fingerprint density at radius 3 is 2.27 bits per heavy atom. The maximum absolute atomic E-state index is 4.29. The van der Waals surface area contributed by atoms with Gasteiger partial charge in [0.05, 0.1) is 12.4 Å². The van der Waals surface area contributed by atoms with E-state index in [4.69, 9.17) is 0 Å². The third-order valence-corrected chi connectivity index (χ3v) is 2.18. The van der Waals surface area contributed by atoms with Crippen molar-refractivity contribution in [2.75, 3.05) is 0 Å². The van der Waals surface area contributed by atoms with Gasteiger partial charge >= 0.3 is 0 Å². The molecule has 0 saturated heterocycles. The molecule has 2 heterocycles. The van der Waals surface area contributed by atoms with Gasteiger partial charge in [-0.15, -0.1) is 0 Å². The van der Waals surface area contributed by atoms with Gasteiger partial charge in [-0.1, -0.05) is 13.8 Å². The lowest BCUT2D eigenvalue weighted by Crippen LogP contribution is -1.94. The highest BCUT2D eigenvalue weighted by Crippen LogP contribution is 2.15. The van der Waals surface area contributed by atoms with E-state index in [0.29, 0.717) is 11.7 Å². The topological polar surface area (TPSA) is 51.6 Å². The zero-order valence-corrected chi connectivity index (χ0v) is 8.75. The van der Waals surface area contributed by atoms with E-state index in [9.17, 15) is 0 Å². The van der Waals surface area contributed by atoms with Crippen LogP contribution >= 0.6 is 0 Å². The SMILES string of the molecule is CC(C)c1cnc(-c2ccnnc2)nc1. The number of hydrogen-bond acceptors (Lipinski definition) is 4. The fourth-order valence-corrected chi connectivity index (χ4v) is 1.21. The van der Waals surface area contributed by atoms with Crippen molar-refractivity contribution in [1.29, 1.82) is 0 Å². The smallest absolute Gasteiger partial charge is 0.160 e. The van der Waals surface area contributed by atoms with Gasteiger partial charge in [-0.3, -0.25) is 0 Å². The average Bonchev–Trinajstić information content (AvgIpc) is 2.30.